The first-order valence-electron chi connectivity index (χ1n) is 7.00. The molecule has 2 aromatic rings. The van der Waals surface area contributed by atoms with Crippen molar-refractivity contribution in [3.63, 3.8) is 0 Å². The Hall–Kier alpha value is -1.07. The van der Waals surface area contributed by atoms with E-state index in [0.717, 1.165) is 24.5 Å². The van der Waals surface area contributed by atoms with Crippen LogP contribution in [-0.4, -0.2) is 30.3 Å². The maximum atomic E-state index is 5.85. The fourth-order valence-corrected chi connectivity index (χ4v) is 3.69. The molecule has 2 unspecified atom stereocenters. The van der Waals surface area contributed by atoms with Crippen molar-refractivity contribution < 1.29 is 4.74 Å². The molecule has 0 amide bonds. The van der Waals surface area contributed by atoms with E-state index in [4.69, 9.17) is 10.6 Å². The second-order valence-electron chi connectivity index (χ2n) is 5.10. The first-order valence-corrected chi connectivity index (χ1v) is 8.16. The van der Waals surface area contributed by atoms with Crippen molar-refractivity contribution in [3.8, 4) is 0 Å². The van der Waals surface area contributed by atoms with Gasteiger partial charge in [0.25, 0.3) is 0 Å². The third-order valence-electron chi connectivity index (χ3n) is 3.82. The zero-order valence-electron chi connectivity index (χ0n) is 11.4. The molecule has 1 saturated heterocycles. The summed E-state index contributed by atoms with van der Waals surface area (Å²) >= 11 is 1.94. The molecule has 2 aromatic carbocycles. The first kappa shape index (κ1) is 13.9. The standard InChI is InChI=1S/C16H20N2OS/c17-18-15(16-11-20-9-8-19-16)10-13-6-3-5-12-4-1-2-7-14(12)13/h1-7,15-16,18H,8-11,17H2. The second kappa shape index (κ2) is 6.59. The SMILES string of the molecule is NNC(Cc1cccc2ccccc12)C1CSCCO1. The molecule has 20 heavy (non-hydrogen) atoms. The lowest BCUT2D eigenvalue weighted by atomic mass is 9.97. The highest BCUT2D eigenvalue weighted by atomic mass is 32.2. The maximum Gasteiger partial charge on any atom is 0.0835 e. The second-order valence-corrected chi connectivity index (χ2v) is 6.25. The number of hydrogen-bond donors (Lipinski definition) is 2. The van der Waals surface area contributed by atoms with Gasteiger partial charge in [0.05, 0.1) is 18.8 Å². The molecule has 106 valence electrons. The molecule has 0 saturated carbocycles. The summed E-state index contributed by atoms with van der Waals surface area (Å²) in [5.74, 6) is 7.86. The number of thioether (sulfide) groups is 1. The molecule has 1 fully saturated rings. The molecular formula is C16H20N2OS. The minimum Gasteiger partial charge on any atom is -0.375 e. The van der Waals surface area contributed by atoms with Crippen molar-refractivity contribution in [2.75, 3.05) is 18.1 Å². The average Bonchev–Trinajstić information content (AvgIpc) is 2.53. The monoisotopic (exact) mass is 288 g/mol. The Morgan fingerprint density at radius 3 is 2.90 bits per heavy atom. The summed E-state index contributed by atoms with van der Waals surface area (Å²) in [6.45, 7) is 0.822. The van der Waals surface area contributed by atoms with E-state index in [1.54, 1.807) is 0 Å². The molecule has 1 heterocycles. The molecule has 3 nitrogen and oxygen atoms in total. The van der Waals surface area contributed by atoms with Gasteiger partial charge in [-0.25, -0.2) is 0 Å². The molecule has 1 aliphatic heterocycles. The van der Waals surface area contributed by atoms with Crippen LogP contribution in [0.2, 0.25) is 0 Å². The number of fused-ring (bicyclic) bond motifs is 1. The fraction of sp³-hybridized carbons (Fsp3) is 0.375. The molecule has 0 bridgehead atoms. The largest absolute Gasteiger partial charge is 0.375 e. The van der Waals surface area contributed by atoms with Crippen molar-refractivity contribution in [3.05, 3.63) is 48.0 Å². The summed E-state index contributed by atoms with van der Waals surface area (Å²) in [4.78, 5) is 0. The average molecular weight is 288 g/mol. The Labute approximate surface area is 123 Å². The molecule has 0 radical (unpaired) electrons. The minimum absolute atomic E-state index is 0.161. The van der Waals surface area contributed by atoms with Gasteiger partial charge in [-0.3, -0.25) is 11.3 Å². The van der Waals surface area contributed by atoms with Crippen LogP contribution in [0.25, 0.3) is 10.8 Å². The summed E-state index contributed by atoms with van der Waals surface area (Å²) in [7, 11) is 0. The molecule has 0 aliphatic carbocycles. The smallest absolute Gasteiger partial charge is 0.0835 e. The van der Waals surface area contributed by atoms with Gasteiger partial charge < -0.3 is 4.74 Å². The van der Waals surface area contributed by atoms with E-state index in [2.05, 4.69) is 47.9 Å². The lowest BCUT2D eigenvalue weighted by Crippen LogP contribution is -2.49. The molecule has 0 spiro atoms. The zero-order valence-corrected chi connectivity index (χ0v) is 12.2. The van der Waals surface area contributed by atoms with Crippen molar-refractivity contribution in [2.24, 2.45) is 5.84 Å². The number of rotatable bonds is 4. The molecule has 0 aromatic heterocycles. The predicted molar refractivity (Wildman–Crippen MR) is 85.8 cm³/mol. The molecule has 3 N–H and O–H groups in total. The van der Waals surface area contributed by atoms with Crippen LogP contribution in [0.1, 0.15) is 5.56 Å². The van der Waals surface area contributed by atoms with Crippen LogP contribution >= 0.6 is 11.8 Å². The number of hydrogen-bond acceptors (Lipinski definition) is 4. The summed E-state index contributed by atoms with van der Waals surface area (Å²) in [6.07, 6.45) is 1.08. The van der Waals surface area contributed by atoms with E-state index in [1.807, 2.05) is 11.8 Å². The summed E-state index contributed by atoms with van der Waals surface area (Å²) < 4.78 is 5.85. The van der Waals surface area contributed by atoms with Gasteiger partial charge >= 0.3 is 0 Å². The van der Waals surface area contributed by atoms with Gasteiger partial charge in [-0.2, -0.15) is 11.8 Å². The highest BCUT2D eigenvalue weighted by Crippen LogP contribution is 2.22. The van der Waals surface area contributed by atoms with Crippen LogP contribution in [0, 0.1) is 0 Å². The first-order chi connectivity index (χ1) is 9.88. The van der Waals surface area contributed by atoms with Crippen LogP contribution in [0.3, 0.4) is 0 Å². The highest BCUT2D eigenvalue weighted by Gasteiger charge is 2.24. The van der Waals surface area contributed by atoms with Crippen LogP contribution in [0.5, 0.6) is 0 Å². The Balaban J connectivity index is 1.83. The predicted octanol–water partition coefficient (Wildman–Crippen LogP) is 2.35. The Bertz CT molecular complexity index is 564. The summed E-state index contributed by atoms with van der Waals surface area (Å²) in [5, 5.41) is 2.58. The lowest BCUT2D eigenvalue weighted by molar-refractivity contribution is 0.0473. The summed E-state index contributed by atoms with van der Waals surface area (Å²) in [6, 6.07) is 15.1. The minimum atomic E-state index is 0.161. The van der Waals surface area contributed by atoms with Gasteiger partial charge in [0.2, 0.25) is 0 Å². The van der Waals surface area contributed by atoms with Crippen LogP contribution in [-0.2, 0) is 11.2 Å². The van der Waals surface area contributed by atoms with Gasteiger partial charge in [0.15, 0.2) is 0 Å². The summed E-state index contributed by atoms with van der Waals surface area (Å²) in [5.41, 5.74) is 4.27. The molecule has 2 atom stereocenters. The van der Waals surface area contributed by atoms with E-state index >= 15 is 0 Å². The van der Waals surface area contributed by atoms with Gasteiger partial charge in [0, 0.05) is 11.5 Å². The Morgan fingerprint density at radius 2 is 2.10 bits per heavy atom. The van der Waals surface area contributed by atoms with Gasteiger partial charge in [-0.05, 0) is 22.8 Å². The van der Waals surface area contributed by atoms with Crippen molar-refractivity contribution >= 4 is 22.5 Å². The topological polar surface area (TPSA) is 47.3 Å². The van der Waals surface area contributed by atoms with E-state index in [-0.39, 0.29) is 12.1 Å². The van der Waals surface area contributed by atoms with Crippen LogP contribution in [0.4, 0.5) is 0 Å². The van der Waals surface area contributed by atoms with E-state index in [0.29, 0.717) is 0 Å². The Kier molecular flexibility index (Phi) is 4.58. The number of nitrogens with two attached hydrogens (primary N) is 1. The number of ether oxygens (including phenoxy) is 1. The molecule has 3 rings (SSSR count). The third kappa shape index (κ3) is 2.99. The zero-order chi connectivity index (χ0) is 13.8. The quantitative estimate of drug-likeness (QED) is 0.670. The lowest BCUT2D eigenvalue weighted by Gasteiger charge is -2.30. The van der Waals surface area contributed by atoms with Crippen molar-refractivity contribution in [1.82, 2.24) is 5.43 Å². The van der Waals surface area contributed by atoms with E-state index in [1.165, 1.54) is 16.3 Å². The van der Waals surface area contributed by atoms with Gasteiger partial charge in [-0.1, -0.05) is 42.5 Å². The molecule has 4 heteroatoms. The number of benzene rings is 2. The van der Waals surface area contributed by atoms with E-state index in [9.17, 15) is 0 Å². The Morgan fingerprint density at radius 1 is 1.25 bits per heavy atom. The maximum absolute atomic E-state index is 5.85. The van der Waals surface area contributed by atoms with Crippen molar-refractivity contribution in [1.29, 1.82) is 0 Å². The molecular weight excluding hydrogens is 268 g/mol. The molecule has 1 aliphatic rings. The third-order valence-corrected chi connectivity index (χ3v) is 4.84. The fourth-order valence-electron chi connectivity index (χ4n) is 2.74. The van der Waals surface area contributed by atoms with Gasteiger partial charge in [0.1, 0.15) is 0 Å². The normalized spacial score (nSPS) is 20.9. The van der Waals surface area contributed by atoms with E-state index < -0.39 is 0 Å². The van der Waals surface area contributed by atoms with Crippen LogP contribution < -0.4 is 11.3 Å². The van der Waals surface area contributed by atoms with Crippen LogP contribution in [0.15, 0.2) is 42.5 Å². The van der Waals surface area contributed by atoms with Crippen molar-refractivity contribution in [2.45, 2.75) is 18.6 Å². The van der Waals surface area contributed by atoms with Gasteiger partial charge in [-0.15, -0.1) is 0 Å². The number of hydrazine groups is 1. The highest BCUT2D eigenvalue weighted by molar-refractivity contribution is 7.99. The number of nitrogens with one attached hydrogen (secondary N) is 1.